The van der Waals surface area contributed by atoms with E-state index < -0.39 is 0 Å². The molecule has 0 unspecified atom stereocenters. The summed E-state index contributed by atoms with van der Waals surface area (Å²) in [5, 5.41) is 0. The summed E-state index contributed by atoms with van der Waals surface area (Å²) < 4.78 is 8.03. The molecule has 2 rings (SSSR count). The zero-order chi connectivity index (χ0) is 6.27. The SMILES string of the molecule is C[P@]1OC[C@@H]2CCCN21. The van der Waals surface area contributed by atoms with Gasteiger partial charge in [0.25, 0.3) is 0 Å². The number of rotatable bonds is 0. The predicted molar refractivity (Wildman–Crippen MR) is 38.5 cm³/mol. The number of nitrogens with zero attached hydrogens (tertiary/aromatic N) is 1. The summed E-state index contributed by atoms with van der Waals surface area (Å²) in [6.45, 7) is 4.50. The molecular formula is C6H12NOP. The van der Waals surface area contributed by atoms with E-state index in [1.54, 1.807) is 0 Å². The zero-order valence-corrected chi connectivity index (χ0v) is 6.60. The number of hydrogen-bond acceptors (Lipinski definition) is 2. The van der Waals surface area contributed by atoms with Crippen molar-refractivity contribution in [3.63, 3.8) is 0 Å². The van der Waals surface area contributed by atoms with Crippen molar-refractivity contribution in [3.8, 4) is 0 Å². The summed E-state index contributed by atoms with van der Waals surface area (Å²) in [5.41, 5.74) is 0. The van der Waals surface area contributed by atoms with Gasteiger partial charge in [-0.1, -0.05) is 0 Å². The van der Waals surface area contributed by atoms with Crippen molar-refractivity contribution >= 4 is 8.30 Å². The van der Waals surface area contributed by atoms with Crippen molar-refractivity contribution in [1.82, 2.24) is 4.67 Å². The lowest BCUT2D eigenvalue weighted by molar-refractivity contribution is 0.341. The summed E-state index contributed by atoms with van der Waals surface area (Å²) in [4.78, 5) is 0. The molecule has 0 bridgehead atoms. The maximum absolute atomic E-state index is 5.51. The van der Waals surface area contributed by atoms with Gasteiger partial charge >= 0.3 is 0 Å². The van der Waals surface area contributed by atoms with Crippen LogP contribution in [0, 0.1) is 0 Å². The van der Waals surface area contributed by atoms with E-state index in [2.05, 4.69) is 11.3 Å². The molecule has 0 amide bonds. The van der Waals surface area contributed by atoms with Crippen molar-refractivity contribution in [3.05, 3.63) is 0 Å². The van der Waals surface area contributed by atoms with E-state index in [1.807, 2.05) is 0 Å². The van der Waals surface area contributed by atoms with Gasteiger partial charge in [0, 0.05) is 12.6 Å². The van der Waals surface area contributed by atoms with Crippen LogP contribution in [-0.4, -0.2) is 30.5 Å². The molecule has 0 N–H and O–H groups in total. The molecule has 0 radical (unpaired) electrons. The van der Waals surface area contributed by atoms with E-state index >= 15 is 0 Å². The topological polar surface area (TPSA) is 12.5 Å². The Morgan fingerprint density at radius 3 is 3.33 bits per heavy atom. The first-order valence-electron chi connectivity index (χ1n) is 3.51. The van der Waals surface area contributed by atoms with Crippen molar-refractivity contribution in [2.45, 2.75) is 18.9 Å². The Hall–Kier alpha value is 0.350. The molecule has 2 aliphatic rings. The van der Waals surface area contributed by atoms with Crippen molar-refractivity contribution in [1.29, 1.82) is 0 Å². The molecule has 2 nitrogen and oxygen atoms in total. The fraction of sp³-hybridized carbons (Fsp3) is 1.00. The molecule has 0 aromatic heterocycles. The van der Waals surface area contributed by atoms with Crippen LogP contribution in [0.1, 0.15) is 12.8 Å². The second kappa shape index (κ2) is 2.19. The van der Waals surface area contributed by atoms with Crippen molar-refractivity contribution in [2.24, 2.45) is 0 Å². The molecule has 3 heteroatoms. The van der Waals surface area contributed by atoms with Gasteiger partial charge < -0.3 is 4.52 Å². The molecule has 0 aliphatic carbocycles. The van der Waals surface area contributed by atoms with E-state index in [9.17, 15) is 0 Å². The van der Waals surface area contributed by atoms with Crippen LogP contribution in [-0.2, 0) is 4.52 Å². The Labute approximate surface area is 57.1 Å². The summed E-state index contributed by atoms with van der Waals surface area (Å²) in [6, 6.07) is 0.793. The number of hydrogen-bond donors (Lipinski definition) is 0. The molecule has 2 atom stereocenters. The summed E-state index contributed by atoms with van der Waals surface area (Å²) >= 11 is 0. The Kier molecular flexibility index (Phi) is 1.48. The fourth-order valence-corrected chi connectivity index (χ4v) is 3.23. The highest BCUT2D eigenvalue weighted by Crippen LogP contribution is 2.48. The van der Waals surface area contributed by atoms with Gasteiger partial charge in [-0.15, -0.1) is 0 Å². The molecular weight excluding hydrogens is 133 g/mol. The first-order chi connectivity index (χ1) is 4.38. The highest BCUT2D eigenvalue weighted by Gasteiger charge is 2.35. The van der Waals surface area contributed by atoms with Crippen molar-refractivity contribution < 1.29 is 4.52 Å². The quantitative estimate of drug-likeness (QED) is 0.478. The zero-order valence-electron chi connectivity index (χ0n) is 5.71. The van der Waals surface area contributed by atoms with Gasteiger partial charge in [-0.25, -0.2) is 0 Å². The molecule has 52 valence electrons. The first-order valence-corrected chi connectivity index (χ1v) is 5.17. The maximum atomic E-state index is 5.51. The van der Waals surface area contributed by atoms with Gasteiger partial charge in [0.1, 0.15) is 8.30 Å². The molecule has 2 aliphatic heterocycles. The van der Waals surface area contributed by atoms with E-state index in [0.717, 1.165) is 12.6 Å². The lowest BCUT2D eigenvalue weighted by atomic mass is 10.2. The van der Waals surface area contributed by atoms with Crippen molar-refractivity contribution in [2.75, 3.05) is 19.8 Å². The van der Waals surface area contributed by atoms with Crippen LogP contribution in [0.25, 0.3) is 0 Å². The van der Waals surface area contributed by atoms with Crippen LogP contribution < -0.4 is 0 Å². The average molecular weight is 145 g/mol. The van der Waals surface area contributed by atoms with E-state index in [4.69, 9.17) is 4.52 Å². The normalized spacial score (nSPS) is 43.7. The van der Waals surface area contributed by atoms with Crippen LogP contribution >= 0.6 is 8.30 Å². The number of fused-ring (bicyclic) bond motifs is 1. The second-order valence-electron chi connectivity index (χ2n) is 2.72. The molecule has 0 spiro atoms. The van der Waals surface area contributed by atoms with E-state index in [1.165, 1.54) is 19.4 Å². The summed E-state index contributed by atoms with van der Waals surface area (Å²) in [5.74, 6) is 0. The monoisotopic (exact) mass is 145 g/mol. The summed E-state index contributed by atoms with van der Waals surface area (Å²) in [6.07, 6.45) is 2.76. The minimum atomic E-state index is -0.172. The first kappa shape index (κ1) is 6.09. The second-order valence-corrected chi connectivity index (χ2v) is 4.42. The average Bonchev–Trinajstić information content (AvgIpc) is 2.35. The molecule has 9 heavy (non-hydrogen) atoms. The largest absolute Gasteiger partial charge is 0.342 e. The van der Waals surface area contributed by atoms with Crippen LogP contribution in [0.2, 0.25) is 0 Å². The van der Waals surface area contributed by atoms with Gasteiger partial charge in [0.2, 0.25) is 0 Å². The summed E-state index contributed by atoms with van der Waals surface area (Å²) in [7, 11) is -0.172. The maximum Gasteiger partial charge on any atom is 0.101 e. The standard InChI is InChI=1S/C6H12NOP/c1-9-7-4-2-3-6(7)5-8-9/h6H,2-5H2,1H3/t6-,9-/m0/s1. The molecule has 0 aromatic carbocycles. The van der Waals surface area contributed by atoms with Crippen LogP contribution in [0.15, 0.2) is 0 Å². The minimum absolute atomic E-state index is 0.172. The lowest BCUT2D eigenvalue weighted by Gasteiger charge is -2.15. The van der Waals surface area contributed by atoms with E-state index in [0.29, 0.717) is 0 Å². The molecule has 0 saturated carbocycles. The van der Waals surface area contributed by atoms with Crippen LogP contribution in [0.4, 0.5) is 0 Å². The molecule has 2 heterocycles. The van der Waals surface area contributed by atoms with Gasteiger partial charge in [-0.3, -0.25) is 4.67 Å². The Bertz CT molecular complexity index is 120. The van der Waals surface area contributed by atoms with Gasteiger partial charge in [-0.2, -0.15) is 0 Å². The van der Waals surface area contributed by atoms with Gasteiger partial charge in [0.05, 0.1) is 6.61 Å². The Balaban J connectivity index is 2.07. The predicted octanol–water partition coefficient (Wildman–Crippen LogP) is 1.42. The minimum Gasteiger partial charge on any atom is -0.342 e. The molecule has 2 fully saturated rings. The third-order valence-electron chi connectivity index (χ3n) is 2.16. The highest BCUT2D eigenvalue weighted by atomic mass is 31.2. The van der Waals surface area contributed by atoms with Gasteiger partial charge in [0.15, 0.2) is 0 Å². The highest BCUT2D eigenvalue weighted by molar-refractivity contribution is 7.49. The fourth-order valence-electron chi connectivity index (χ4n) is 1.63. The molecule has 0 aromatic rings. The molecule has 2 saturated heterocycles. The van der Waals surface area contributed by atoms with Crippen LogP contribution in [0.5, 0.6) is 0 Å². The third-order valence-corrected chi connectivity index (χ3v) is 3.93. The third kappa shape index (κ3) is 0.899. The van der Waals surface area contributed by atoms with Gasteiger partial charge in [-0.05, 0) is 19.5 Å². The smallest absolute Gasteiger partial charge is 0.101 e. The van der Waals surface area contributed by atoms with Crippen LogP contribution in [0.3, 0.4) is 0 Å². The van der Waals surface area contributed by atoms with E-state index in [-0.39, 0.29) is 8.30 Å². The Morgan fingerprint density at radius 1 is 1.67 bits per heavy atom. The Morgan fingerprint density at radius 2 is 2.56 bits per heavy atom. The lowest BCUT2D eigenvalue weighted by Crippen LogP contribution is -2.18.